The number of pyridine rings is 1. The van der Waals surface area contributed by atoms with Crippen LogP contribution in [0.2, 0.25) is 0 Å². The molecule has 1 aromatic carbocycles. The minimum absolute atomic E-state index is 0.290. The normalized spacial score (nSPS) is 19.2. The van der Waals surface area contributed by atoms with Gasteiger partial charge >= 0.3 is 0 Å². The van der Waals surface area contributed by atoms with E-state index >= 15 is 0 Å². The Bertz CT molecular complexity index is 810. The van der Waals surface area contributed by atoms with E-state index in [4.69, 9.17) is 0 Å². The van der Waals surface area contributed by atoms with Gasteiger partial charge in [0.15, 0.2) is 11.4 Å². The van der Waals surface area contributed by atoms with E-state index in [1.54, 1.807) is 23.1 Å². The summed E-state index contributed by atoms with van der Waals surface area (Å²) in [4.78, 5) is 31.0. The summed E-state index contributed by atoms with van der Waals surface area (Å²) >= 11 is 3.39. The van der Waals surface area contributed by atoms with E-state index in [2.05, 4.69) is 20.9 Å². The van der Waals surface area contributed by atoms with Crippen molar-refractivity contribution < 1.29 is 14.7 Å². The minimum Gasteiger partial charge on any atom is -0.375 e. The number of rotatable bonds is 6. The van der Waals surface area contributed by atoms with Gasteiger partial charge in [0.2, 0.25) is 0 Å². The molecule has 0 spiro atoms. The van der Waals surface area contributed by atoms with Gasteiger partial charge in [0.25, 0.3) is 5.91 Å². The monoisotopic (exact) mass is 402 g/mol. The first-order valence-corrected chi connectivity index (χ1v) is 9.04. The molecule has 0 radical (unpaired) electrons. The lowest BCUT2D eigenvalue weighted by Crippen LogP contribution is -2.42. The number of carbonyl (C=O) groups is 2. The first-order chi connectivity index (χ1) is 12.0. The van der Waals surface area contributed by atoms with Crippen molar-refractivity contribution in [2.24, 2.45) is 0 Å². The molecule has 1 N–H and O–H groups in total. The number of ketones is 1. The molecule has 0 aliphatic carbocycles. The fourth-order valence-electron chi connectivity index (χ4n) is 3.10. The highest BCUT2D eigenvalue weighted by Gasteiger charge is 2.50. The standard InChI is InChI=1S/C19H19BrN2O3/c1-2-3-10-22-16-5-4-14(20)11-15(16)19(25,18(22)24)12-17(23)13-6-8-21-9-7-13/h4-9,11,25H,2-3,10,12H2,1H3. The molecule has 1 amide bonds. The number of carbonyl (C=O) groups excluding carboxylic acids is 2. The molecule has 25 heavy (non-hydrogen) atoms. The van der Waals surface area contributed by atoms with Crippen molar-refractivity contribution in [2.45, 2.75) is 31.8 Å². The second kappa shape index (κ2) is 7.06. The van der Waals surface area contributed by atoms with Gasteiger partial charge in [-0.1, -0.05) is 29.3 Å². The quantitative estimate of drug-likeness (QED) is 0.751. The van der Waals surface area contributed by atoms with Crippen molar-refractivity contribution in [2.75, 3.05) is 11.4 Å². The maximum Gasteiger partial charge on any atom is 0.264 e. The van der Waals surface area contributed by atoms with Crippen LogP contribution in [0.15, 0.2) is 47.2 Å². The number of amides is 1. The highest BCUT2D eigenvalue weighted by Crippen LogP contribution is 2.44. The van der Waals surface area contributed by atoms with Gasteiger partial charge in [-0.25, -0.2) is 0 Å². The third-order valence-corrected chi connectivity index (χ3v) is 4.94. The maximum absolute atomic E-state index is 13.0. The number of fused-ring (bicyclic) bond motifs is 1. The smallest absolute Gasteiger partial charge is 0.264 e. The summed E-state index contributed by atoms with van der Waals surface area (Å²) in [6.45, 7) is 2.57. The van der Waals surface area contributed by atoms with Crippen LogP contribution in [-0.4, -0.2) is 28.3 Å². The van der Waals surface area contributed by atoms with Crippen LogP contribution in [-0.2, 0) is 10.4 Å². The molecule has 1 aliphatic heterocycles. The molecule has 2 heterocycles. The lowest BCUT2D eigenvalue weighted by molar-refractivity contribution is -0.135. The number of halogens is 1. The molecule has 0 saturated heterocycles. The Labute approximate surface area is 154 Å². The summed E-state index contributed by atoms with van der Waals surface area (Å²) in [7, 11) is 0. The Morgan fingerprint density at radius 3 is 2.68 bits per heavy atom. The summed E-state index contributed by atoms with van der Waals surface area (Å²) in [6, 6.07) is 8.53. The second-order valence-electron chi connectivity index (χ2n) is 6.17. The average molecular weight is 403 g/mol. The molecule has 1 atom stereocenters. The van der Waals surface area contributed by atoms with Crippen molar-refractivity contribution >= 4 is 33.3 Å². The fourth-order valence-corrected chi connectivity index (χ4v) is 3.47. The van der Waals surface area contributed by atoms with Crippen LogP contribution in [0.1, 0.15) is 42.1 Å². The third-order valence-electron chi connectivity index (χ3n) is 4.45. The minimum atomic E-state index is -1.84. The number of aromatic nitrogens is 1. The number of benzene rings is 1. The Hall–Kier alpha value is -2.05. The van der Waals surface area contributed by atoms with Gasteiger partial charge in [-0.2, -0.15) is 0 Å². The number of nitrogens with zero attached hydrogens (tertiary/aromatic N) is 2. The van der Waals surface area contributed by atoms with Crippen molar-refractivity contribution in [3.63, 3.8) is 0 Å². The molecule has 130 valence electrons. The molecule has 2 aromatic rings. The molecule has 0 fully saturated rings. The molecule has 1 aromatic heterocycles. The average Bonchev–Trinajstić information content (AvgIpc) is 2.81. The Morgan fingerprint density at radius 1 is 1.28 bits per heavy atom. The summed E-state index contributed by atoms with van der Waals surface area (Å²) in [5.41, 5.74) is -0.260. The molecule has 0 saturated carbocycles. The number of hydrogen-bond donors (Lipinski definition) is 1. The third kappa shape index (κ3) is 3.24. The molecular formula is C19H19BrN2O3. The van der Waals surface area contributed by atoms with E-state index in [-0.39, 0.29) is 12.2 Å². The topological polar surface area (TPSA) is 70.5 Å². The molecule has 5 nitrogen and oxygen atoms in total. The van der Waals surface area contributed by atoms with E-state index in [1.165, 1.54) is 12.4 Å². The van der Waals surface area contributed by atoms with Crippen LogP contribution >= 0.6 is 15.9 Å². The van der Waals surface area contributed by atoms with E-state index in [1.807, 2.05) is 19.1 Å². The first-order valence-electron chi connectivity index (χ1n) is 8.25. The Kier molecular flexibility index (Phi) is 5.01. The van der Waals surface area contributed by atoms with Gasteiger partial charge in [0, 0.05) is 34.5 Å². The zero-order valence-corrected chi connectivity index (χ0v) is 15.5. The Balaban J connectivity index is 1.98. The fraction of sp³-hybridized carbons (Fsp3) is 0.316. The lowest BCUT2D eigenvalue weighted by Gasteiger charge is -2.22. The van der Waals surface area contributed by atoms with Crippen LogP contribution in [0.3, 0.4) is 0 Å². The molecule has 3 rings (SSSR count). The summed E-state index contributed by atoms with van der Waals surface area (Å²) in [6.07, 6.45) is 4.51. The number of hydrogen-bond acceptors (Lipinski definition) is 4. The molecular weight excluding hydrogens is 384 g/mol. The number of anilines is 1. The highest BCUT2D eigenvalue weighted by molar-refractivity contribution is 9.10. The van der Waals surface area contributed by atoms with Crippen LogP contribution in [0, 0.1) is 0 Å². The molecule has 1 unspecified atom stereocenters. The van der Waals surface area contributed by atoms with Gasteiger partial charge in [0.05, 0.1) is 12.1 Å². The largest absolute Gasteiger partial charge is 0.375 e. The number of aliphatic hydroxyl groups is 1. The highest BCUT2D eigenvalue weighted by atomic mass is 79.9. The molecule has 1 aliphatic rings. The van der Waals surface area contributed by atoms with Crippen LogP contribution in [0.5, 0.6) is 0 Å². The maximum atomic E-state index is 13.0. The Morgan fingerprint density at radius 2 is 2.00 bits per heavy atom. The predicted molar refractivity (Wildman–Crippen MR) is 98.5 cm³/mol. The van der Waals surface area contributed by atoms with Crippen LogP contribution in [0.4, 0.5) is 5.69 Å². The summed E-state index contributed by atoms with van der Waals surface area (Å²) in [5, 5.41) is 11.2. The molecule has 0 bridgehead atoms. The van der Waals surface area contributed by atoms with Crippen molar-refractivity contribution in [1.29, 1.82) is 0 Å². The lowest BCUT2D eigenvalue weighted by atomic mass is 9.88. The number of Topliss-reactive ketones (excluding diaryl/α,β-unsaturated/α-hetero) is 1. The van der Waals surface area contributed by atoms with Crippen molar-refractivity contribution in [3.05, 3.63) is 58.3 Å². The van der Waals surface area contributed by atoms with Crippen LogP contribution in [0.25, 0.3) is 0 Å². The van der Waals surface area contributed by atoms with Crippen molar-refractivity contribution in [1.82, 2.24) is 4.98 Å². The van der Waals surface area contributed by atoms with Gasteiger partial charge < -0.3 is 10.0 Å². The van der Waals surface area contributed by atoms with E-state index in [9.17, 15) is 14.7 Å². The zero-order valence-electron chi connectivity index (χ0n) is 13.9. The van der Waals surface area contributed by atoms with Crippen molar-refractivity contribution in [3.8, 4) is 0 Å². The second-order valence-corrected chi connectivity index (χ2v) is 7.08. The molecule has 6 heteroatoms. The van der Waals surface area contributed by atoms with Gasteiger partial charge in [0.1, 0.15) is 0 Å². The number of unbranched alkanes of at least 4 members (excludes halogenated alkanes) is 1. The zero-order chi connectivity index (χ0) is 18.0. The summed E-state index contributed by atoms with van der Waals surface area (Å²) < 4.78 is 0.756. The van der Waals surface area contributed by atoms with E-state index < -0.39 is 11.5 Å². The predicted octanol–water partition coefficient (Wildman–Crippen LogP) is 3.45. The van der Waals surface area contributed by atoms with Gasteiger partial charge in [-0.05, 0) is 36.8 Å². The van der Waals surface area contributed by atoms with Gasteiger partial charge in [-0.3, -0.25) is 14.6 Å². The van der Waals surface area contributed by atoms with Gasteiger partial charge in [-0.15, -0.1) is 0 Å². The SMILES string of the molecule is CCCCN1C(=O)C(O)(CC(=O)c2ccncc2)c2cc(Br)ccc21. The summed E-state index contributed by atoms with van der Waals surface area (Å²) in [5.74, 6) is -0.724. The first kappa shape index (κ1) is 17.8. The van der Waals surface area contributed by atoms with E-state index in [0.29, 0.717) is 23.4 Å². The van der Waals surface area contributed by atoms with Crippen LogP contribution < -0.4 is 4.90 Å². The van der Waals surface area contributed by atoms with E-state index in [0.717, 1.165) is 17.3 Å².